The maximum absolute atomic E-state index is 12.3. The van der Waals surface area contributed by atoms with Crippen molar-refractivity contribution in [2.45, 2.75) is 13.8 Å². The van der Waals surface area contributed by atoms with Gasteiger partial charge in [-0.3, -0.25) is 4.79 Å². The van der Waals surface area contributed by atoms with E-state index in [9.17, 15) is 4.79 Å². The average Bonchev–Trinajstić information content (AvgIpc) is 2.96. The molecule has 0 aliphatic heterocycles. The molecule has 0 spiro atoms. The molecule has 1 aromatic carbocycles. The van der Waals surface area contributed by atoms with Crippen LogP contribution in [0.25, 0.3) is 0 Å². The van der Waals surface area contributed by atoms with Crippen molar-refractivity contribution in [3.63, 3.8) is 0 Å². The van der Waals surface area contributed by atoms with Crippen molar-refractivity contribution >= 4 is 39.2 Å². The lowest BCUT2D eigenvalue weighted by Gasteiger charge is -2.09. The van der Waals surface area contributed by atoms with Gasteiger partial charge in [0.1, 0.15) is 11.6 Å². The summed E-state index contributed by atoms with van der Waals surface area (Å²) in [6.45, 7) is 3.74. The Kier molecular flexibility index (Phi) is 4.61. The van der Waals surface area contributed by atoms with Gasteiger partial charge in [-0.1, -0.05) is 21.1 Å². The number of benzene rings is 1. The summed E-state index contributed by atoms with van der Waals surface area (Å²) >= 11 is 3.40. The van der Waals surface area contributed by atoms with E-state index in [1.165, 1.54) is 6.20 Å². The highest BCUT2D eigenvalue weighted by atomic mass is 79.9. The van der Waals surface area contributed by atoms with E-state index >= 15 is 0 Å². The second kappa shape index (κ2) is 6.84. The number of carbonyl (C=O) groups excluding carboxylic acids is 1. The van der Waals surface area contributed by atoms with Crippen molar-refractivity contribution in [1.82, 2.24) is 10.1 Å². The fourth-order valence-electron chi connectivity index (χ4n) is 2.12. The zero-order valence-corrected chi connectivity index (χ0v) is 14.7. The van der Waals surface area contributed by atoms with E-state index in [1.54, 1.807) is 18.2 Å². The van der Waals surface area contributed by atoms with Gasteiger partial charge in [0, 0.05) is 22.4 Å². The quantitative estimate of drug-likeness (QED) is 0.692. The van der Waals surface area contributed by atoms with Gasteiger partial charge in [-0.2, -0.15) is 0 Å². The molecule has 2 heterocycles. The molecule has 0 saturated heterocycles. The zero-order valence-electron chi connectivity index (χ0n) is 13.1. The molecule has 2 N–H and O–H groups in total. The fraction of sp³-hybridized carbons (Fsp3) is 0.118. The summed E-state index contributed by atoms with van der Waals surface area (Å²) in [5.41, 5.74) is 2.22. The summed E-state index contributed by atoms with van der Waals surface area (Å²) in [6, 6.07) is 10.9. The number of anilines is 3. The number of aryl methyl sites for hydroxylation is 2. The maximum atomic E-state index is 12.3. The van der Waals surface area contributed by atoms with Gasteiger partial charge < -0.3 is 15.2 Å². The van der Waals surface area contributed by atoms with Crippen LogP contribution < -0.4 is 10.6 Å². The molecule has 0 radical (unpaired) electrons. The van der Waals surface area contributed by atoms with Gasteiger partial charge in [0.2, 0.25) is 0 Å². The van der Waals surface area contributed by atoms with Crippen LogP contribution in [0.5, 0.6) is 0 Å². The summed E-state index contributed by atoms with van der Waals surface area (Å²) < 4.78 is 5.95. The molecule has 0 aliphatic carbocycles. The van der Waals surface area contributed by atoms with Gasteiger partial charge in [0.15, 0.2) is 5.82 Å². The monoisotopic (exact) mass is 386 g/mol. The zero-order chi connectivity index (χ0) is 17.1. The Morgan fingerprint density at radius 1 is 1.12 bits per heavy atom. The van der Waals surface area contributed by atoms with Crippen LogP contribution in [-0.2, 0) is 0 Å². The third-order valence-corrected chi connectivity index (χ3v) is 3.84. The molecule has 24 heavy (non-hydrogen) atoms. The minimum Gasteiger partial charge on any atom is -0.360 e. The summed E-state index contributed by atoms with van der Waals surface area (Å²) in [4.78, 5) is 16.5. The topological polar surface area (TPSA) is 80.0 Å². The molecule has 3 aromatic rings. The van der Waals surface area contributed by atoms with Crippen molar-refractivity contribution in [1.29, 1.82) is 0 Å². The number of nitrogens with zero attached hydrogens (tertiary/aromatic N) is 2. The number of hydrogen-bond donors (Lipinski definition) is 2. The number of amides is 1. The van der Waals surface area contributed by atoms with Crippen LogP contribution in [0.2, 0.25) is 0 Å². The second-order valence-electron chi connectivity index (χ2n) is 5.29. The molecule has 0 atom stereocenters. The highest BCUT2D eigenvalue weighted by Crippen LogP contribution is 2.21. The number of pyridine rings is 1. The van der Waals surface area contributed by atoms with E-state index in [0.717, 1.165) is 15.7 Å². The van der Waals surface area contributed by atoms with E-state index in [-0.39, 0.29) is 5.91 Å². The molecule has 1 amide bonds. The Morgan fingerprint density at radius 2 is 1.96 bits per heavy atom. The number of rotatable bonds is 4. The standard InChI is InChI=1S/C17H15BrN4O2/c1-10-7-13(18)4-5-14(10)20-17(23)12-3-6-15(19-9-12)21-16-8-11(2)24-22-16/h3-9H,1-2H3,(H,20,23)(H,19,21,22). The van der Waals surface area contributed by atoms with Crippen LogP contribution in [0.4, 0.5) is 17.3 Å². The Balaban J connectivity index is 1.69. The highest BCUT2D eigenvalue weighted by Gasteiger charge is 2.09. The summed E-state index contributed by atoms with van der Waals surface area (Å²) in [5, 5.41) is 9.71. The van der Waals surface area contributed by atoms with Crippen molar-refractivity contribution in [2.24, 2.45) is 0 Å². The van der Waals surface area contributed by atoms with E-state index in [0.29, 0.717) is 23.0 Å². The molecule has 0 saturated carbocycles. The molecule has 2 aromatic heterocycles. The first kappa shape index (κ1) is 16.2. The van der Waals surface area contributed by atoms with Gasteiger partial charge in [-0.25, -0.2) is 4.98 Å². The third-order valence-electron chi connectivity index (χ3n) is 3.35. The smallest absolute Gasteiger partial charge is 0.257 e. The van der Waals surface area contributed by atoms with E-state index in [1.807, 2.05) is 32.0 Å². The molecular weight excluding hydrogens is 372 g/mol. The van der Waals surface area contributed by atoms with E-state index in [4.69, 9.17) is 4.52 Å². The first-order chi connectivity index (χ1) is 11.5. The highest BCUT2D eigenvalue weighted by molar-refractivity contribution is 9.10. The minimum atomic E-state index is -0.211. The average molecular weight is 387 g/mol. The summed E-state index contributed by atoms with van der Waals surface area (Å²) in [5.74, 6) is 1.65. The van der Waals surface area contributed by atoms with E-state index < -0.39 is 0 Å². The lowest BCUT2D eigenvalue weighted by Crippen LogP contribution is -2.13. The van der Waals surface area contributed by atoms with Crippen LogP contribution in [0, 0.1) is 13.8 Å². The molecule has 0 bridgehead atoms. The van der Waals surface area contributed by atoms with Crippen molar-refractivity contribution < 1.29 is 9.32 Å². The van der Waals surface area contributed by atoms with Crippen LogP contribution in [0.15, 0.2) is 51.6 Å². The largest absolute Gasteiger partial charge is 0.360 e. The molecular formula is C17H15BrN4O2. The number of aromatic nitrogens is 2. The fourth-order valence-corrected chi connectivity index (χ4v) is 2.60. The molecule has 6 nitrogen and oxygen atoms in total. The van der Waals surface area contributed by atoms with Crippen molar-refractivity contribution in [3.05, 3.63) is 64.0 Å². The Hall–Kier alpha value is -2.67. The van der Waals surface area contributed by atoms with Gasteiger partial charge in [-0.05, 0) is 49.7 Å². The first-order valence-electron chi connectivity index (χ1n) is 7.25. The lowest BCUT2D eigenvalue weighted by atomic mass is 10.2. The Bertz CT molecular complexity index is 875. The molecule has 122 valence electrons. The molecule has 0 fully saturated rings. The Morgan fingerprint density at radius 3 is 2.58 bits per heavy atom. The van der Waals surface area contributed by atoms with Gasteiger partial charge in [0.25, 0.3) is 5.91 Å². The van der Waals surface area contributed by atoms with Crippen molar-refractivity contribution in [2.75, 3.05) is 10.6 Å². The van der Waals surface area contributed by atoms with E-state index in [2.05, 4.69) is 36.7 Å². The van der Waals surface area contributed by atoms with Crippen LogP contribution in [-0.4, -0.2) is 16.0 Å². The van der Waals surface area contributed by atoms with Gasteiger partial charge >= 0.3 is 0 Å². The number of hydrogen-bond acceptors (Lipinski definition) is 5. The molecule has 0 aliphatic rings. The third kappa shape index (κ3) is 3.80. The first-order valence-corrected chi connectivity index (χ1v) is 8.04. The summed E-state index contributed by atoms with van der Waals surface area (Å²) in [6.07, 6.45) is 1.51. The second-order valence-corrected chi connectivity index (χ2v) is 6.21. The van der Waals surface area contributed by atoms with Crippen LogP contribution in [0.1, 0.15) is 21.7 Å². The predicted molar refractivity (Wildman–Crippen MR) is 95.6 cm³/mol. The number of nitrogens with one attached hydrogen (secondary N) is 2. The normalized spacial score (nSPS) is 10.5. The molecule has 0 unspecified atom stereocenters. The van der Waals surface area contributed by atoms with Gasteiger partial charge in [0.05, 0.1) is 5.56 Å². The van der Waals surface area contributed by atoms with Crippen molar-refractivity contribution in [3.8, 4) is 0 Å². The van der Waals surface area contributed by atoms with Crippen LogP contribution >= 0.6 is 15.9 Å². The maximum Gasteiger partial charge on any atom is 0.257 e. The number of carbonyl (C=O) groups is 1. The SMILES string of the molecule is Cc1cc(Nc2ccc(C(=O)Nc3ccc(Br)cc3C)cn2)no1. The minimum absolute atomic E-state index is 0.211. The summed E-state index contributed by atoms with van der Waals surface area (Å²) in [7, 11) is 0. The van der Waals surface area contributed by atoms with Crippen LogP contribution in [0.3, 0.4) is 0 Å². The lowest BCUT2D eigenvalue weighted by molar-refractivity contribution is 0.102. The number of halogens is 1. The molecule has 3 rings (SSSR count). The Labute approximate surface area is 147 Å². The predicted octanol–water partition coefficient (Wildman–Crippen LogP) is 4.44. The molecule has 7 heteroatoms. The van der Waals surface area contributed by atoms with Gasteiger partial charge in [-0.15, -0.1) is 0 Å².